The first kappa shape index (κ1) is 16.9. The lowest BCUT2D eigenvalue weighted by Crippen LogP contribution is -2.27. The van der Waals surface area contributed by atoms with Gasteiger partial charge in [0.1, 0.15) is 5.75 Å². The lowest BCUT2D eigenvalue weighted by atomic mass is 10.1. The third kappa shape index (κ3) is 4.03. The van der Waals surface area contributed by atoms with Gasteiger partial charge in [-0.15, -0.1) is 0 Å². The average Bonchev–Trinajstić information content (AvgIpc) is 2.54. The van der Waals surface area contributed by atoms with E-state index in [4.69, 9.17) is 4.74 Å². The average molecular weight is 323 g/mol. The van der Waals surface area contributed by atoms with Crippen LogP contribution in [0.3, 0.4) is 0 Å². The molecule has 2 aromatic carbocycles. The van der Waals surface area contributed by atoms with Gasteiger partial charge in [0.15, 0.2) is 0 Å². The second-order valence-electron chi connectivity index (χ2n) is 5.01. The Morgan fingerprint density at radius 1 is 1.09 bits per heavy atom. The van der Waals surface area contributed by atoms with Crippen LogP contribution >= 0.6 is 0 Å². The summed E-state index contributed by atoms with van der Waals surface area (Å²) in [7, 11) is 1.53. The number of hydrogen-bond acceptors (Lipinski definition) is 2. The van der Waals surface area contributed by atoms with E-state index in [1.165, 1.54) is 7.11 Å². The highest BCUT2D eigenvalue weighted by molar-refractivity contribution is 5.94. The van der Waals surface area contributed by atoms with Crippen molar-refractivity contribution in [2.45, 2.75) is 19.1 Å². The molecule has 0 fully saturated rings. The van der Waals surface area contributed by atoms with Crippen LogP contribution in [0.2, 0.25) is 0 Å². The van der Waals surface area contributed by atoms with Gasteiger partial charge >= 0.3 is 6.18 Å². The Bertz CT molecular complexity index is 681. The predicted octanol–water partition coefficient (Wildman–Crippen LogP) is 4.21. The van der Waals surface area contributed by atoms with Crippen molar-refractivity contribution in [2.24, 2.45) is 0 Å². The van der Waals surface area contributed by atoms with Gasteiger partial charge in [0.05, 0.1) is 18.7 Å². The van der Waals surface area contributed by atoms with E-state index >= 15 is 0 Å². The zero-order valence-corrected chi connectivity index (χ0v) is 12.6. The summed E-state index contributed by atoms with van der Waals surface area (Å²) in [4.78, 5) is 12.2. The van der Waals surface area contributed by atoms with Crippen LogP contribution in [-0.2, 0) is 6.18 Å². The second kappa shape index (κ2) is 6.73. The fraction of sp³-hybridized carbons (Fsp3) is 0.235. The minimum absolute atomic E-state index is 0.166. The van der Waals surface area contributed by atoms with Crippen LogP contribution in [0.15, 0.2) is 48.5 Å². The molecule has 0 aliphatic rings. The van der Waals surface area contributed by atoms with Gasteiger partial charge in [-0.3, -0.25) is 4.79 Å². The van der Waals surface area contributed by atoms with Gasteiger partial charge in [-0.05, 0) is 37.3 Å². The van der Waals surface area contributed by atoms with Crippen LogP contribution in [0.5, 0.6) is 5.75 Å². The molecule has 6 heteroatoms. The molecule has 2 aromatic rings. The third-order valence-corrected chi connectivity index (χ3v) is 3.43. The monoisotopic (exact) mass is 323 g/mol. The number of alkyl halides is 3. The highest BCUT2D eigenvalue weighted by atomic mass is 19.4. The molecule has 0 bridgehead atoms. The zero-order chi connectivity index (χ0) is 17.0. The Balaban J connectivity index is 2.12. The van der Waals surface area contributed by atoms with Crippen molar-refractivity contribution < 1.29 is 22.7 Å². The number of carbonyl (C=O) groups excluding carboxylic acids is 1. The van der Waals surface area contributed by atoms with E-state index in [1.54, 1.807) is 13.0 Å². The molecule has 23 heavy (non-hydrogen) atoms. The highest BCUT2D eigenvalue weighted by Gasteiger charge is 2.30. The van der Waals surface area contributed by atoms with Gasteiger partial charge < -0.3 is 10.1 Å². The topological polar surface area (TPSA) is 38.3 Å². The van der Waals surface area contributed by atoms with Crippen molar-refractivity contribution in [2.75, 3.05) is 7.11 Å². The summed E-state index contributed by atoms with van der Waals surface area (Å²) in [5.41, 5.74) is 0.168. The molecule has 1 N–H and O–H groups in total. The molecule has 122 valence electrons. The Labute approximate surface area is 132 Å². The number of nitrogens with one attached hydrogen (secondary N) is 1. The van der Waals surface area contributed by atoms with Crippen LogP contribution in [0, 0.1) is 0 Å². The number of ether oxygens (including phenoxy) is 1. The number of methoxy groups -OCH3 is 1. The molecule has 0 saturated heterocycles. The molecule has 0 saturated carbocycles. The predicted molar refractivity (Wildman–Crippen MR) is 80.3 cm³/mol. The van der Waals surface area contributed by atoms with Gasteiger partial charge in [0, 0.05) is 11.1 Å². The van der Waals surface area contributed by atoms with Gasteiger partial charge in [-0.25, -0.2) is 0 Å². The van der Waals surface area contributed by atoms with E-state index in [1.807, 2.05) is 18.2 Å². The van der Waals surface area contributed by atoms with Crippen molar-refractivity contribution in [3.8, 4) is 5.75 Å². The van der Waals surface area contributed by atoms with Crippen LogP contribution in [0.1, 0.15) is 34.5 Å². The maximum atomic E-state index is 12.5. The van der Waals surface area contributed by atoms with E-state index in [0.29, 0.717) is 5.75 Å². The number of halogens is 3. The number of amides is 1. The van der Waals surface area contributed by atoms with E-state index < -0.39 is 17.6 Å². The summed E-state index contributed by atoms with van der Waals surface area (Å²) in [5.74, 6) is 0.185. The van der Waals surface area contributed by atoms with Gasteiger partial charge in [-0.1, -0.05) is 18.2 Å². The summed E-state index contributed by atoms with van der Waals surface area (Å²) in [6.45, 7) is 1.78. The summed E-state index contributed by atoms with van der Waals surface area (Å²) in [6, 6.07) is 11.0. The van der Waals surface area contributed by atoms with E-state index in [0.717, 1.165) is 29.8 Å². The molecular formula is C17H16F3NO2. The molecule has 3 nitrogen and oxygen atoms in total. The summed E-state index contributed by atoms with van der Waals surface area (Å²) in [6.07, 6.45) is -4.42. The highest BCUT2D eigenvalue weighted by Crippen LogP contribution is 2.29. The number of rotatable bonds is 4. The van der Waals surface area contributed by atoms with Crippen molar-refractivity contribution in [1.29, 1.82) is 0 Å². The SMILES string of the molecule is COc1ccccc1C(C)NC(=O)c1ccc(C(F)(F)F)cc1. The molecule has 0 aromatic heterocycles. The molecule has 0 aliphatic carbocycles. The van der Waals surface area contributed by atoms with Crippen molar-refractivity contribution >= 4 is 5.91 Å². The lowest BCUT2D eigenvalue weighted by Gasteiger charge is -2.17. The fourth-order valence-electron chi connectivity index (χ4n) is 2.19. The maximum Gasteiger partial charge on any atom is 0.416 e. The largest absolute Gasteiger partial charge is 0.496 e. The first-order valence-corrected chi connectivity index (χ1v) is 6.94. The number of carbonyl (C=O) groups is 1. The number of hydrogen-bond donors (Lipinski definition) is 1. The fourth-order valence-corrected chi connectivity index (χ4v) is 2.19. The Morgan fingerprint density at radius 3 is 2.26 bits per heavy atom. The molecule has 0 aliphatic heterocycles. The Morgan fingerprint density at radius 2 is 1.70 bits per heavy atom. The standard InChI is InChI=1S/C17H16F3NO2/c1-11(14-5-3-4-6-15(14)23-2)21-16(22)12-7-9-13(10-8-12)17(18,19)20/h3-11H,1-2H3,(H,21,22). The van der Waals surface area contributed by atoms with Gasteiger partial charge in [-0.2, -0.15) is 13.2 Å². The molecule has 0 heterocycles. The molecule has 1 atom stereocenters. The molecule has 1 amide bonds. The minimum atomic E-state index is -4.42. The Kier molecular flexibility index (Phi) is 4.93. The summed E-state index contributed by atoms with van der Waals surface area (Å²) in [5, 5.41) is 2.75. The second-order valence-corrected chi connectivity index (χ2v) is 5.01. The third-order valence-electron chi connectivity index (χ3n) is 3.43. The van der Waals surface area contributed by atoms with Crippen molar-refractivity contribution in [1.82, 2.24) is 5.32 Å². The quantitative estimate of drug-likeness (QED) is 0.915. The van der Waals surface area contributed by atoms with Crippen molar-refractivity contribution in [3.63, 3.8) is 0 Å². The summed E-state index contributed by atoms with van der Waals surface area (Å²) < 4.78 is 42.8. The smallest absolute Gasteiger partial charge is 0.416 e. The first-order chi connectivity index (χ1) is 10.8. The number of benzene rings is 2. The molecular weight excluding hydrogens is 307 g/mol. The van der Waals surface area contributed by atoms with Crippen molar-refractivity contribution in [3.05, 3.63) is 65.2 Å². The van der Waals surface area contributed by atoms with Crippen LogP contribution in [0.25, 0.3) is 0 Å². The molecule has 2 rings (SSSR count). The van der Waals surface area contributed by atoms with Crippen LogP contribution in [0.4, 0.5) is 13.2 Å². The minimum Gasteiger partial charge on any atom is -0.496 e. The Hall–Kier alpha value is -2.50. The van der Waals surface area contributed by atoms with Gasteiger partial charge in [0.2, 0.25) is 0 Å². The maximum absolute atomic E-state index is 12.5. The zero-order valence-electron chi connectivity index (χ0n) is 12.6. The van der Waals surface area contributed by atoms with Crippen LogP contribution in [-0.4, -0.2) is 13.0 Å². The van der Waals surface area contributed by atoms with Crippen LogP contribution < -0.4 is 10.1 Å². The lowest BCUT2D eigenvalue weighted by molar-refractivity contribution is -0.137. The number of para-hydroxylation sites is 1. The normalized spacial score (nSPS) is 12.6. The first-order valence-electron chi connectivity index (χ1n) is 6.94. The van der Waals surface area contributed by atoms with E-state index in [9.17, 15) is 18.0 Å². The van der Waals surface area contributed by atoms with Gasteiger partial charge in [0.25, 0.3) is 5.91 Å². The molecule has 1 unspecified atom stereocenters. The molecule has 0 radical (unpaired) electrons. The van der Waals surface area contributed by atoms with E-state index in [2.05, 4.69) is 5.32 Å². The van der Waals surface area contributed by atoms with E-state index in [-0.39, 0.29) is 11.6 Å². The summed E-state index contributed by atoms with van der Waals surface area (Å²) >= 11 is 0. The molecule has 0 spiro atoms.